The lowest BCUT2D eigenvalue weighted by molar-refractivity contribution is -0.135. The zero-order valence-corrected chi connectivity index (χ0v) is 15.3. The van der Waals surface area contributed by atoms with E-state index in [2.05, 4.69) is 0 Å². The van der Waals surface area contributed by atoms with E-state index in [1.165, 1.54) is 0 Å². The standard InChI is InChI=1S/C18H26N2O4S/c21-18(19-12-14-24-15-13-19)7-6-16-8-10-20(11-9-16)25(22,23)17-4-2-1-3-5-17/h1-5,16H,6-15H2. The van der Waals surface area contributed by atoms with Gasteiger partial charge in [0.25, 0.3) is 0 Å². The molecule has 2 fully saturated rings. The second-order valence-corrected chi connectivity index (χ2v) is 8.63. The number of hydrogen-bond donors (Lipinski definition) is 0. The Balaban J connectivity index is 1.46. The van der Waals surface area contributed by atoms with Crippen LogP contribution in [-0.2, 0) is 19.6 Å². The third-order valence-electron chi connectivity index (χ3n) is 5.08. The van der Waals surface area contributed by atoms with Crippen LogP contribution in [0.4, 0.5) is 0 Å². The lowest BCUT2D eigenvalue weighted by atomic mass is 9.93. The fourth-order valence-corrected chi connectivity index (χ4v) is 4.97. The molecule has 1 aromatic carbocycles. The van der Waals surface area contributed by atoms with E-state index in [0.29, 0.717) is 56.6 Å². The van der Waals surface area contributed by atoms with Crippen LogP contribution >= 0.6 is 0 Å². The van der Waals surface area contributed by atoms with Gasteiger partial charge in [0.05, 0.1) is 18.1 Å². The van der Waals surface area contributed by atoms with Crippen molar-refractivity contribution in [2.45, 2.75) is 30.6 Å². The summed E-state index contributed by atoms with van der Waals surface area (Å²) >= 11 is 0. The highest BCUT2D eigenvalue weighted by Gasteiger charge is 2.29. The minimum absolute atomic E-state index is 0.197. The maximum atomic E-state index is 12.6. The molecule has 0 saturated carbocycles. The Hall–Kier alpha value is -1.44. The minimum atomic E-state index is -3.39. The van der Waals surface area contributed by atoms with Crippen molar-refractivity contribution in [3.8, 4) is 0 Å². The molecule has 6 nitrogen and oxygen atoms in total. The number of hydrogen-bond acceptors (Lipinski definition) is 4. The van der Waals surface area contributed by atoms with Gasteiger partial charge in [-0.3, -0.25) is 4.79 Å². The number of nitrogens with zero attached hydrogens (tertiary/aromatic N) is 2. The average Bonchev–Trinajstić information content (AvgIpc) is 2.68. The van der Waals surface area contributed by atoms with Crippen LogP contribution in [-0.4, -0.2) is 62.9 Å². The molecule has 0 bridgehead atoms. The molecule has 2 heterocycles. The Bertz CT molecular complexity index is 664. The molecule has 2 aliphatic heterocycles. The van der Waals surface area contributed by atoms with Crippen molar-refractivity contribution in [3.63, 3.8) is 0 Å². The van der Waals surface area contributed by atoms with Gasteiger partial charge in [0.2, 0.25) is 15.9 Å². The molecule has 2 aliphatic rings. The summed E-state index contributed by atoms with van der Waals surface area (Å²) in [6, 6.07) is 8.59. The third-order valence-corrected chi connectivity index (χ3v) is 7.00. The molecule has 0 spiro atoms. The molecule has 0 aliphatic carbocycles. The predicted octanol–water partition coefficient (Wildman–Crippen LogP) is 1.73. The van der Waals surface area contributed by atoms with Gasteiger partial charge in [-0.25, -0.2) is 8.42 Å². The Kier molecular flexibility index (Phi) is 6.09. The van der Waals surface area contributed by atoms with Crippen molar-refractivity contribution < 1.29 is 17.9 Å². The number of carbonyl (C=O) groups is 1. The quantitative estimate of drug-likeness (QED) is 0.796. The van der Waals surface area contributed by atoms with Crippen LogP contribution in [0.15, 0.2) is 35.2 Å². The Labute approximate surface area is 149 Å². The topological polar surface area (TPSA) is 66.9 Å². The van der Waals surface area contributed by atoms with Crippen molar-refractivity contribution in [2.24, 2.45) is 5.92 Å². The van der Waals surface area contributed by atoms with Gasteiger partial charge in [0.1, 0.15) is 0 Å². The van der Waals surface area contributed by atoms with Crippen LogP contribution in [0, 0.1) is 5.92 Å². The summed E-state index contributed by atoms with van der Waals surface area (Å²) in [4.78, 5) is 14.4. The van der Waals surface area contributed by atoms with Gasteiger partial charge >= 0.3 is 0 Å². The SMILES string of the molecule is O=C(CCC1CCN(S(=O)(=O)c2ccccc2)CC1)N1CCOCC1. The fourth-order valence-electron chi connectivity index (χ4n) is 3.48. The summed E-state index contributed by atoms with van der Waals surface area (Å²) in [7, 11) is -3.39. The van der Waals surface area contributed by atoms with Gasteiger partial charge in [0, 0.05) is 32.6 Å². The van der Waals surface area contributed by atoms with Crippen molar-refractivity contribution in [2.75, 3.05) is 39.4 Å². The Morgan fingerprint density at radius 3 is 2.32 bits per heavy atom. The number of amides is 1. The van der Waals surface area contributed by atoms with Crippen LogP contribution in [0.3, 0.4) is 0 Å². The molecule has 0 aromatic heterocycles. The number of ether oxygens (including phenoxy) is 1. The van der Waals surface area contributed by atoms with E-state index in [-0.39, 0.29) is 5.91 Å². The van der Waals surface area contributed by atoms with E-state index in [1.54, 1.807) is 28.6 Å². The number of morpholine rings is 1. The maximum absolute atomic E-state index is 12.6. The number of piperidine rings is 1. The molecule has 7 heteroatoms. The predicted molar refractivity (Wildman–Crippen MR) is 94.6 cm³/mol. The summed E-state index contributed by atoms with van der Waals surface area (Å²) in [5, 5.41) is 0. The second kappa shape index (κ2) is 8.29. The van der Waals surface area contributed by atoms with Gasteiger partial charge < -0.3 is 9.64 Å². The van der Waals surface area contributed by atoms with Crippen LogP contribution in [0.1, 0.15) is 25.7 Å². The molecule has 0 unspecified atom stereocenters. The molecule has 0 N–H and O–H groups in total. The summed E-state index contributed by atoms with van der Waals surface area (Å²) in [6.45, 7) is 3.70. The average molecular weight is 366 g/mol. The van der Waals surface area contributed by atoms with E-state index < -0.39 is 10.0 Å². The molecule has 0 radical (unpaired) electrons. The van der Waals surface area contributed by atoms with Crippen LogP contribution in [0.25, 0.3) is 0 Å². The number of sulfonamides is 1. The Morgan fingerprint density at radius 1 is 1.04 bits per heavy atom. The molecule has 25 heavy (non-hydrogen) atoms. The van der Waals surface area contributed by atoms with Gasteiger partial charge in [-0.15, -0.1) is 0 Å². The second-order valence-electron chi connectivity index (χ2n) is 6.69. The van der Waals surface area contributed by atoms with Gasteiger partial charge in [-0.05, 0) is 37.3 Å². The highest BCUT2D eigenvalue weighted by Crippen LogP contribution is 2.26. The van der Waals surface area contributed by atoms with Crippen LogP contribution in [0.5, 0.6) is 0 Å². The van der Waals surface area contributed by atoms with Crippen LogP contribution < -0.4 is 0 Å². The Morgan fingerprint density at radius 2 is 1.68 bits per heavy atom. The number of benzene rings is 1. The van der Waals surface area contributed by atoms with E-state index in [9.17, 15) is 13.2 Å². The highest BCUT2D eigenvalue weighted by atomic mass is 32.2. The molecule has 138 valence electrons. The van der Waals surface area contributed by atoms with E-state index in [1.807, 2.05) is 11.0 Å². The van der Waals surface area contributed by atoms with Gasteiger partial charge in [-0.1, -0.05) is 18.2 Å². The maximum Gasteiger partial charge on any atom is 0.243 e. The molecule has 0 atom stereocenters. The van der Waals surface area contributed by atoms with Crippen molar-refractivity contribution in [3.05, 3.63) is 30.3 Å². The number of carbonyl (C=O) groups excluding carboxylic acids is 1. The molecule has 3 rings (SSSR count). The highest BCUT2D eigenvalue weighted by molar-refractivity contribution is 7.89. The number of rotatable bonds is 5. The first kappa shape index (κ1) is 18.4. The van der Waals surface area contributed by atoms with Crippen molar-refractivity contribution >= 4 is 15.9 Å². The third kappa shape index (κ3) is 4.59. The summed E-state index contributed by atoms with van der Waals surface area (Å²) in [6.07, 6.45) is 3.04. The van der Waals surface area contributed by atoms with Crippen molar-refractivity contribution in [1.29, 1.82) is 0 Å². The summed E-state index contributed by atoms with van der Waals surface area (Å²) in [5.74, 6) is 0.620. The summed E-state index contributed by atoms with van der Waals surface area (Å²) in [5.41, 5.74) is 0. The largest absolute Gasteiger partial charge is 0.378 e. The van der Waals surface area contributed by atoms with E-state index in [4.69, 9.17) is 4.74 Å². The van der Waals surface area contributed by atoms with Crippen LogP contribution in [0.2, 0.25) is 0 Å². The first-order chi connectivity index (χ1) is 12.1. The lowest BCUT2D eigenvalue weighted by Crippen LogP contribution is -2.41. The minimum Gasteiger partial charge on any atom is -0.378 e. The lowest BCUT2D eigenvalue weighted by Gasteiger charge is -2.32. The monoisotopic (exact) mass is 366 g/mol. The normalized spacial score (nSPS) is 20.6. The fraction of sp³-hybridized carbons (Fsp3) is 0.611. The zero-order valence-electron chi connectivity index (χ0n) is 14.5. The first-order valence-corrected chi connectivity index (χ1v) is 10.4. The van der Waals surface area contributed by atoms with Gasteiger partial charge in [-0.2, -0.15) is 4.31 Å². The summed E-state index contributed by atoms with van der Waals surface area (Å²) < 4.78 is 32.1. The van der Waals surface area contributed by atoms with E-state index >= 15 is 0 Å². The van der Waals surface area contributed by atoms with E-state index in [0.717, 1.165) is 19.3 Å². The molecule has 1 amide bonds. The van der Waals surface area contributed by atoms with Crippen molar-refractivity contribution in [1.82, 2.24) is 9.21 Å². The molecular formula is C18H26N2O4S. The molecule has 1 aromatic rings. The molecular weight excluding hydrogens is 340 g/mol. The first-order valence-electron chi connectivity index (χ1n) is 8.98. The zero-order chi connectivity index (χ0) is 17.7. The van der Waals surface area contributed by atoms with Gasteiger partial charge in [0.15, 0.2) is 0 Å². The molecule has 2 saturated heterocycles. The smallest absolute Gasteiger partial charge is 0.243 e.